The second-order valence-electron chi connectivity index (χ2n) is 8.14. The molecule has 0 aromatic heterocycles. The molecule has 7 heteroatoms. The molecule has 154 valence electrons. The number of hydrogen-bond acceptors (Lipinski definition) is 3. The molecule has 6 nitrogen and oxygen atoms in total. The Morgan fingerprint density at radius 1 is 0.964 bits per heavy atom. The van der Waals surface area contributed by atoms with E-state index in [9.17, 15) is 9.59 Å². The number of carboxylic acid groups (broad SMARTS) is 1. The van der Waals surface area contributed by atoms with E-state index in [1.54, 1.807) is 0 Å². The zero-order chi connectivity index (χ0) is 18.8. The number of nitrogens with zero attached hydrogens (tertiary/aromatic N) is 1. The molecule has 2 heterocycles. The van der Waals surface area contributed by atoms with Crippen LogP contribution < -0.4 is 10.6 Å². The molecule has 2 aliphatic heterocycles. The van der Waals surface area contributed by atoms with Gasteiger partial charge in [-0.25, -0.2) is 4.79 Å². The monoisotopic (exact) mass is 407 g/mol. The number of urea groups is 1. The quantitative estimate of drug-likeness (QED) is 0.715. The van der Waals surface area contributed by atoms with Crippen LogP contribution in [0.25, 0.3) is 0 Å². The number of amides is 2. The lowest BCUT2D eigenvalue weighted by Gasteiger charge is -2.35. The molecule has 3 N–H and O–H groups in total. The summed E-state index contributed by atoms with van der Waals surface area (Å²) < 4.78 is 0. The summed E-state index contributed by atoms with van der Waals surface area (Å²) in [6.07, 6.45) is 5.45. The molecule has 3 aliphatic rings. The van der Waals surface area contributed by atoms with E-state index >= 15 is 0 Å². The fraction of sp³-hybridized carbons (Fsp3) is 0.619. The number of nitrogens with one attached hydrogen (secondary N) is 2. The fourth-order valence-electron chi connectivity index (χ4n) is 4.96. The minimum absolute atomic E-state index is 0. The smallest absolute Gasteiger partial charge is 0.318 e. The van der Waals surface area contributed by atoms with Crippen molar-refractivity contribution in [1.29, 1.82) is 0 Å². The van der Waals surface area contributed by atoms with Gasteiger partial charge in [-0.1, -0.05) is 24.3 Å². The zero-order valence-electron chi connectivity index (χ0n) is 16.1. The standard InChI is InChI=1S/C21H29N3O3.ClH/c25-20(26)17-7-3-15(4-8-17)14-1-5-16(6-2-14)19-13-23-21(27)24(19)18-9-11-22-12-10-18;/h1-2,5-6,15,17-19,22H,3-4,7-13H2,(H,23,27)(H,25,26);1H/t15-,17-,19?;. The van der Waals surface area contributed by atoms with Gasteiger partial charge in [0.05, 0.1) is 12.0 Å². The van der Waals surface area contributed by atoms with Crippen LogP contribution in [0.5, 0.6) is 0 Å². The molecule has 2 amide bonds. The van der Waals surface area contributed by atoms with Crippen molar-refractivity contribution in [3.05, 3.63) is 35.4 Å². The maximum Gasteiger partial charge on any atom is 0.318 e. The van der Waals surface area contributed by atoms with Crippen LogP contribution in [0.15, 0.2) is 24.3 Å². The average molecular weight is 408 g/mol. The Balaban J connectivity index is 0.00000225. The minimum Gasteiger partial charge on any atom is -0.481 e. The summed E-state index contributed by atoms with van der Waals surface area (Å²) >= 11 is 0. The molecule has 1 aromatic carbocycles. The molecule has 1 atom stereocenters. The summed E-state index contributed by atoms with van der Waals surface area (Å²) in [6.45, 7) is 2.62. The third-order valence-corrected chi connectivity index (χ3v) is 6.59. The summed E-state index contributed by atoms with van der Waals surface area (Å²) in [5.74, 6) is -0.367. The van der Waals surface area contributed by atoms with Crippen LogP contribution in [-0.2, 0) is 4.79 Å². The SMILES string of the molecule is Cl.O=C1NCC(c2ccc([C@H]3CC[C@H](C(=O)O)CC3)cc2)N1C1CCNCC1. The van der Waals surface area contributed by atoms with Gasteiger partial charge in [0, 0.05) is 12.6 Å². The van der Waals surface area contributed by atoms with Crippen LogP contribution in [0.3, 0.4) is 0 Å². The topological polar surface area (TPSA) is 81.7 Å². The van der Waals surface area contributed by atoms with Gasteiger partial charge in [-0.05, 0) is 68.7 Å². The molecule has 28 heavy (non-hydrogen) atoms. The van der Waals surface area contributed by atoms with Crippen molar-refractivity contribution in [3.63, 3.8) is 0 Å². The second kappa shape index (κ2) is 9.14. The molecule has 1 aromatic rings. The number of benzene rings is 1. The number of carbonyl (C=O) groups excluding carboxylic acids is 1. The highest BCUT2D eigenvalue weighted by Crippen LogP contribution is 2.37. The van der Waals surface area contributed by atoms with E-state index in [4.69, 9.17) is 5.11 Å². The van der Waals surface area contributed by atoms with Gasteiger partial charge in [0.15, 0.2) is 0 Å². The van der Waals surface area contributed by atoms with Crippen molar-refractivity contribution >= 4 is 24.4 Å². The molecular formula is C21H30ClN3O3. The van der Waals surface area contributed by atoms with Crippen molar-refractivity contribution in [2.24, 2.45) is 5.92 Å². The van der Waals surface area contributed by atoms with Crippen LogP contribution in [0.2, 0.25) is 0 Å². The lowest BCUT2D eigenvalue weighted by atomic mass is 9.78. The van der Waals surface area contributed by atoms with E-state index < -0.39 is 5.97 Å². The molecule has 0 spiro atoms. The normalized spacial score (nSPS) is 28.5. The number of piperidine rings is 1. The maximum absolute atomic E-state index is 12.4. The Hall–Kier alpha value is -1.79. The van der Waals surface area contributed by atoms with Gasteiger partial charge in [-0.2, -0.15) is 0 Å². The van der Waals surface area contributed by atoms with Crippen LogP contribution in [0.1, 0.15) is 61.6 Å². The Morgan fingerprint density at radius 3 is 2.18 bits per heavy atom. The summed E-state index contributed by atoms with van der Waals surface area (Å²) in [7, 11) is 0. The zero-order valence-corrected chi connectivity index (χ0v) is 16.9. The highest BCUT2D eigenvalue weighted by Gasteiger charge is 2.37. The van der Waals surface area contributed by atoms with E-state index in [-0.39, 0.29) is 30.4 Å². The summed E-state index contributed by atoms with van der Waals surface area (Å²) in [6, 6.07) is 9.18. The predicted molar refractivity (Wildman–Crippen MR) is 110 cm³/mol. The van der Waals surface area contributed by atoms with Crippen molar-refractivity contribution in [3.8, 4) is 0 Å². The largest absolute Gasteiger partial charge is 0.481 e. The van der Waals surface area contributed by atoms with Gasteiger partial charge in [0.1, 0.15) is 0 Å². The molecular weight excluding hydrogens is 378 g/mol. The first-order chi connectivity index (χ1) is 13.1. The van der Waals surface area contributed by atoms with Crippen LogP contribution in [0.4, 0.5) is 4.79 Å². The Kier molecular flexibility index (Phi) is 6.83. The molecule has 4 rings (SSSR count). The lowest BCUT2D eigenvalue weighted by Crippen LogP contribution is -2.45. The van der Waals surface area contributed by atoms with Gasteiger partial charge in [-0.15, -0.1) is 12.4 Å². The molecule has 1 saturated carbocycles. The molecule has 2 saturated heterocycles. The molecule has 0 bridgehead atoms. The number of halogens is 1. The van der Waals surface area contributed by atoms with Crippen LogP contribution in [0, 0.1) is 5.92 Å². The van der Waals surface area contributed by atoms with E-state index in [2.05, 4.69) is 34.9 Å². The van der Waals surface area contributed by atoms with Crippen molar-refractivity contribution in [2.45, 2.75) is 56.5 Å². The predicted octanol–water partition coefficient (Wildman–Crippen LogP) is 3.29. The van der Waals surface area contributed by atoms with E-state index in [0.29, 0.717) is 18.5 Å². The number of hydrogen-bond donors (Lipinski definition) is 3. The van der Waals surface area contributed by atoms with Gasteiger partial charge in [-0.3, -0.25) is 4.79 Å². The average Bonchev–Trinajstić information content (AvgIpc) is 3.10. The summed E-state index contributed by atoms with van der Waals surface area (Å²) in [5, 5.41) is 15.6. The number of aliphatic carboxylic acids is 1. The third kappa shape index (κ3) is 4.28. The highest BCUT2D eigenvalue weighted by molar-refractivity contribution is 5.85. The number of carboxylic acids is 1. The van der Waals surface area contributed by atoms with Crippen LogP contribution in [-0.4, -0.2) is 47.7 Å². The first-order valence-electron chi connectivity index (χ1n) is 10.2. The van der Waals surface area contributed by atoms with Gasteiger partial charge >= 0.3 is 12.0 Å². The van der Waals surface area contributed by atoms with E-state index in [0.717, 1.165) is 51.6 Å². The van der Waals surface area contributed by atoms with Crippen molar-refractivity contribution in [2.75, 3.05) is 19.6 Å². The summed E-state index contributed by atoms with van der Waals surface area (Å²) in [4.78, 5) is 25.6. The first-order valence-corrected chi connectivity index (χ1v) is 10.2. The van der Waals surface area contributed by atoms with Gasteiger partial charge in [0.2, 0.25) is 0 Å². The van der Waals surface area contributed by atoms with E-state index in [1.165, 1.54) is 11.1 Å². The van der Waals surface area contributed by atoms with E-state index in [1.807, 2.05) is 4.90 Å². The molecule has 1 aliphatic carbocycles. The van der Waals surface area contributed by atoms with Crippen molar-refractivity contribution < 1.29 is 14.7 Å². The highest BCUT2D eigenvalue weighted by atomic mass is 35.5. The Morgan fingerprint density at radius 2 is 1.57 bits per heavy atom. The minimum atomic E-state index is -0.653. The lowest BCUT2D eigenvalue weighted by molar-refractivity contribution is -0.142. The molecule has 1 unspecified atom stereocenters. The van der Waals surface area contributed by atoms with Crippen molar-refractivity contribution in [1.82, 2.24) is 15.5 Å². The van der Waals surface area contributed by atoms with Crippen LogP contribution >= 0.6 is 12.4 Å². The number of rotatable bonds is 4. The van der Waals surface area contributed by atoms with Gasteiger partial charge in [0.25, 0.3) is 0 Å². The Labute approximate surface area is 172 Å². The third-order valence-electron chi connectivity index (χ3n) is 6.59. The maximum atomic E-state index is 12.4. The number of carbonyl (C=O) groups is 2. The second-order valence-corrected chi connectivity index (χ2v) is 8.14. The summed E-state index contributed by atoms with van der Waals surface area (Å²) in [5.41, 5.74) is 2.49. The Bertz CT molecular complexity index is 683. The molecule has 0 radical (unpaired) electrons. The fourth-order valence-corrected chi connectivity index (χ4v) is 4.96. The van der Waals surface area contributed by atoms with Gasteiger partial charge < -0.3 is 20.6 Å². The molecule has 3 fully saturated rings. The first kappa shape index (κ1) is 20.9.